The van der Waals surface area contributed by atoms with E-state index in [-0.39, 0.29) is 11.7 Å². The van der Waals surface area contributed by atoms with E-state index in [2.05, 4.69) is 42.3 Å². The minimum Gasteiger partial charge on any atom is -0.509 e. The quantitative estimate of drug-likeness (QED) is 0.391. The highest BCUT2D eigenvalue weighted by Gasteiger charge is 2.46. The number of rotatable bonds is 4. The molecule has 1 amide bonds. The number of aromatic nitrogens is 1. The van der Waals surface area contributed by atoms with Crippen LogP contribution in [0.3, 0.4) is 0 Å². The predicted molar refractivity (Wildman–Crippen MR) is 128 cm³/mol. The summed E-state index contributed by atoms with van der Waals surface area (Å²) in [4.78, 5) is 16.9. The number of carbonyl (C=O) groups excluding carboxylic acids is 1. The van der Waals surface area contributed by atoms with Gasteiger partial charge in [-0.05, 0) is 49.6 Å². The maximum absolute atomic E-state index is 13.4. The van der Waals surface area contributed by atoms with Crippen LogP contribution in [0, 0.1) is 13.8 Å². The zero-order valence-corrected chi connectivity index (χ0v) is 18.4. The Morgan fingerprint density at radius 1 is 0.906 bits per heavy atom. The Balaban J connectivity index is 1.76. The maximum atomic E-state index is 13.4. The van der Waals surface area contributed by atoms with Crippen molar-refractivity contribution in [2.45, 2.75) is 32.2 Å². The first-order chi connectivity index (χ1) is 15.4. The molecule has 2 atom stereocenters. The van der Waals surface area contributed by atoms with E-state index in [1.165, 1.54) is 5.56 Å². The van der Waals surface area contributed by atoms with Gasteiger partial charge in [0, 0.05) is 16.6 Å². The molecule has 3 aromatic carbocycles. The molecule has 1 unspecified atom stereocenters. The molecule has 4 heteroatoms. The molecule has 0 aliphatic carbocycles. The number of hydrogen-bond acceptors (Lipinski definition) is 2. The summed E-state index contributed by atoms with van der Waals surface area (Å²) in [6, 6.07) is 25.8. The lowest BCUT2D eigenvalue weighted by Crippen LogP contribution is -2.39. The van der Waals surface area contributed by atoms with E-state index in [0.717, 1.165) is 33.3 Å². The number of benzene rings is 3. The van der Waals surface area contributed by atoms with Gasteiger partial charge in [-0.15, -0.1) is 0 Å². The van der Waals surface area contributed by atoms with Crippen molar-refractivity contribution in [1.29, 1.82) is 0 Å². The fourth-order valence-electron chi connectivity index (χ4n) is 4.85. The van der Waals surface area contributed by atoms with E-state index in [9.17, 15) is 9.90 Å². The van der Waals surface area contributed by atoms with Crippen molar-refractivity contribution < 1.29 is 9.90 Å². The number of aliphatic hydroxyl groups excluding tert-OH is 1. The molecular weight excluding hydrogens is 396 g/mol. The van der Waals surface area contributed by atoms with Crippen LogP contribution < -0.4 is 5.32 Å². The van der Waals surface area contributed by atoms with Crippen LogP contribution in [0.4, 0.5) is 0 Å². The van der Waals surface area contributed by atoms with Crippen molar-refractivity contribution in [3.05, 3.63) is 118 Å². The fourth-order valence-corrected chi connectivity index (χ4v) is 4.85. The number of aryl methyl sites for hydroxylation is 2. The minimum absolute atomic E-state index is 0.0665. The van der Waals surface area contributed by atoms with Crippen molar-refractivity contribution in [2.24, 2.45) is 0 Å². The Morgan fingerprint density at radius 3 is 2.25 bits per heavy atom. The summed E-state index contributed by atoms with van der Waals surface area (Å²) in [7, 11) is 0. The van der Waals surface area contributed by atoms with Crippen LogP contribution in [0.15, 0.2) is 90.2 Å². The number of H-pyrrole nitrogens is 1. The topological polar surface area (TPSA) is 65.1 Å². The molecule has 0 spiro atoms. The van der Waals surface area contributed by atoms with Gasteiger partial charge in [0.15, 0.2) is 0 Å². The first-order valence-electron chi connectivity index (χ1n) is 10.9. The summed E-state index contributed by atoms with van der Waals surface area (Å²) in [6.07, 6.45) is 0. The second kappa shape index (κ2) is 7.41. The van der Waals surface area contributed by atoms with Gasteiger partial charge in [0.2, 0.25) is 0 Å². The SMILES string of the molecule is Cc1ccc2[nH]c(C(C3=C(O)[C@@](C)(c4ccccc4)NC3=O)c3ccccc3)c(C)c2c1. The van der Waals surface area contributed by atoms with E-state index in [4.69, 9.17) is 0 Å². The van der Waals surface area contributed by atoms with Gasteiger partial charge in [-0.1, -0.05) is 72.3 Å². The van der Waals surface area contributed by atoms with Gasteiger partial charge in [0.25, 0.3) is 5.91 Å². The number of aliphatic hydroxyl groups is 1. The monoisotopic (exact) mass is 422 g/mol. The standard InChI is InChI=1S/C28H26N2O2/c1-17-14-15-22-21(16-17)18(2)25(29-22)23(19-10-6-4-7-11-19)24-26(31)28(3,30-27(24)32)20-12-8-5-9-13-20/h4-16,23,29,31H,1-3H3,(H,30,32)/t23?,28-/m1/s1. The smallest absolute Gasteiger partial charge is 0.252 e. The highest BCUT2D eigenvalue weighted by Crippen LogP contribution is 2.44. The molecule has 160 valence electrons. The van der Waals surface area contributed by atoms with Gasteiger partial charge in [0.05, 0.1) is 11.5 Å². The van der Waals surface area contributed by atoms with Crippen LogP contribution in [0.25, 0.3) is 10.9 Å². The lowest BCUT2D eigenvalue weighted by Gasteiger charge is -2.25. The largest absolute Gasteiger partial charge is 0.509 e. The van der Waals surface area contributed by atoms with E-state index in [1.807, 2.05) is 67.6 Å². The van der Waals surface area contributed by atoms with E-state index < -0.39 is 11.5 Å². The zero-order chi connectivity index (χ0) is 22.5. The molecule has 32 heavy (non-hydrogen) atoms. The van der Waals surface area contributed by atoms with Gasteiger partial charge < -0.3 is 15.4 Å². The Hall–Kier alpha value is -3.79. The number of amides is 1. The first kappa shape index (κ1) is 20.1. The van der Waals surface area contributed by atoms with Crippen molar-refractivity contribution in [1.82, 2.24) is 10.3 Å². The summed E-state index contributed by atoms with van der Waals surface area (Å²) in [6.45, 7) is 6.00. The van der Waals surface area contributed by atoms with Gasteiger partial charge in [-0.3, -0.25) is 4.79 Å². The first-order valence-corrected chi connectivity index (χ1v) is 10.9. The zero-order valence-electron chi connectivity index (χ0n) is 18.4. The number of hydrogen-bond donors (Lipinski definition) is 3. The molecule has 0 bridgehead atoms. The van der Waals surface area contributed by atoms with Gasteiger partial charge in [-0.25, -0.2) is 0 Å². The molecule has 3 N–H and O–H groups in total. The van der Waals surface area contributed by atoms with E-state index in [1.54, 1.807) is 0 Å². The predicted octanol–water partition coefficient (Wildman–Crippen LogP) is 5.77. The number of aromatic amines is 1. The molecule has 2 heterocycles. The molecule has 1 aliphatic heterocycles. The van der Waals surface area contributed by atoms with Crippen LogP contribution in [-0.2, 0) is 10.3 Å². The fraction of sp³-hybridized carbons (Fsp3) is 0.179. The summed E-state index contributed by atoms with van der Waals surface area (Å²) in [5.41, 5.74) is 5.41. The molecule has 0 saturated carbocycles. The van der Waals surface area contributed by atoms with Crippen LogP contribution >= 0.6 is 0 Å². The Labute approximate surface area is 187 Å². The van der Waals surface area contributed by atoms with E-state index in [0.29, 0.717) is 5.57 Å². The highest BCUT2D eigenvalue weighted by atomic mass is 16.3. The highest BCUT2D eigenvalue weighted by molar-refractivity contribution is 6.01. The minimum atomic E-state index is -0.975. The Kier molecular flexibility index (Phi) is 4.66. The summed E-state index contributed by atoms with van der Waals surface area (Å²) < 4.78 is 0. The lowest BCUT2D eigenvalue weighted by molar-refractivity contribution is -0.118. The number of nitrogens with one attached hydrogen (secondary N) is 2. The van der Waals surface area contributed by atoms with Crippen LogP contribution in [0.5, 0.6) is 0 Å². The summed E-state index contributed by atoms with van der Waals surface area (Å²) >= 11 is 0. The lowest BCUT2D eigenvalue weighted by atomic mass is 9.83. The van der Waals surface area contributed by atoms with Crippen LogP contribution in [0.1, 0.15) is 40.8 Å². The van der Waals surface area contributed by atoms with Crippen LogP contribution in [-0.4, -0.2) is 16.0 Å². The molecule has 1 aromatic heterocycles. The third-order valence-electron chi connectivity index (χ3n) is 6.65. The van der Waals surface area contributed by atoms with Crippen molar-refractivity contribution in [3.63, 3.8) is 0 Å². The van der Waals surface area contributed by atoms with Gasteiger partial charge in [-0.2, -0.15) is 0 Å². The van der Waals surface area contributed by atoms with Gasteiger partial charge >= 0.3 is 0 Å². The van der Waals surface area contributed by atoms with Crippen molar-refractivity contribution in [2.75, 3.05) is 0 Å². The average Bonchev–Trinajstić information content (AvgIpc) is 3.24. The molecule has 4 aromatic rings. The average molecular weight is 423 g/mol. The Morgan fingerprint density at radius 2 is 1.56 bits per heavy atom. The maximum Gasteiger partial charge on any atom is 0.252 e. The van der Waals surface area contributed by atoms with Crippen LogP contribution in [0.2, 0.25) is 0 Å². The van der Waals surface area contributed by atoms with E-state index >= 15 is 0 Å². The normalized spacial score (nSPS) is 19.4. The third-order valence-corrected chi connectivity index (χ3v) is 6.65. The molecule has 1 aliphatic rings. The van der Waals surface area contributed by atoms with Gasteiger partial charge in [0.1, 0.15) is 11.3 Å². The molecule has 0 radical (unpaired) electrons. The summed E-state index contributed by atoms with van der Waals surface area (Å²) in [5, 5.41) is 15.7. The molecule has 0 saturated heterocycles. The number of fused-ring (bicyclic) bond motifs is 1. The molecular formula is C28H26N2O2. The summed E-state index contributed by atoms with van der Waals surface area (Å²) in [5.74, 6) is -0.608. The van der Waals surface area contributed by atoms with Crippen molar-refractivity contribution >= 4 is 16.8 Å². The second-order valence-corrected chi connectivity index (χ2v) is 8.76. The number of carbonyl (C=O) groups is 1. The third kappa shape index (κ3) is 3.02. The molecule has 5 rings (SSSR count). The van der Waals surface area contributed by atoms with Crippen molar-refractivity contribution in [3.8, 4) is 0 Å². The molecule has 0 fully saturated rings. The second-order valence-electron chi connectivity index (χ2n) is 8.76. The molecule has 4 nitrogen and oxygen atoms in total. The Bertz CT molecular complexity index is 1350.